The minimum atomic E-state index is 0.370. The van der Waals surface area contributed by atoms with Crippen LogP contribution < -0.4 is 10.5 Å². The average molecular weight is 281 g/mol. The predicted molar refractivity (Wildman–Crippen MR) is 79.5 cm³/mol. The Bertz CT molecular complexity index is 771. The molecule has 1 heterocycles. The van der Waals surface area contributed by atoms with Gasteiger partial charge in [0.25, 0.3) is 0 Å². The molecule has 0 aliphatic heterocycles. The maximum Gasteiger partial charge on any atom is 0.142 e. The largest absolute Gasteiger partial charge is 0.484 e. The molecule has 0 spiro atoms. The van der Waals surface area contributed by atoms with Gasteiger partial charge in [0.1, 0.15) is 17.4 Å². The third-order valence-electron chi connectivity index (χ3n) is 2.83. The number of para-hydroxylation sites is 1. The summed E-state index contributed by atoms with van der Waals surface area (Å²) in [4.78, 5) is 4.49. The SMILES string of the molecule is N#Cc1ccc(OCc2nc3ccccc3s2)c(N)c1. The molecule has 98 valence electrons. The van der Waals surface area contributed by atoms with Crippen molar-refractivity contribution in [2.24, 2.45) is 0 Å². The van der Waals surface area contributed by atoms with E-state index in [9.17, 15) is 0 Å². The summed E-state index contributed by atoms with van der Waals surface area (Å²) in [5, 5.41) is 9.68. The molecule has 0 amide bonds. The van der Waals surface area contributed by atoms with E-state index >= 15 is 0 Å². The molecule has 1 aromatic heterocycles. The number of rotatable bonds is 3. The molecule has 0 aliphatic carbocycles. The van der Waals surface area contributed by atoms with E-state index in [1.807, 2.05) is 30.3 Å². The van der Waals surface area contributed by atoms with Crippen molar-refractivity contribution in [3.05, 3.63) is 53.0 Å². The van der Waals surface area contributed by atoms with Gasteiger partial charge in [-0.3, -0.25) is 0 Å². The van der Waals surface area contributed by atoms with E-state index in [2.05, 4.69) is 4.98 Å². The van der Waals surface area contributed by atoms with E-state index in [0.717, 1.165) is 15.2 Å². The fourth-order valence-electron chi connectivity index (χ4n) is 1.87. The van der Waals surface area contributed by atoms with Crippen LogP contribution in [0.4, 0.5) is 5.69 Å². The number of nitrogens with two attached hydrogens (primary N) is 1. The van der Waals surface area contributed by atoms with Crippen LogP contribution in [0.5, 0.6) is 5.75 Å². The number of benzene rings is 2. The number of aromatic nitrogens is 1. The Labute approximate surface area is 120 Å². The first-order valence-corrected chi connectivity index (χ1v) is 6.85. The molecular formula is C15H11N3OS. The van der Waals surface area contributed by atoms with Crippen molar-refractivity contribution in [2.75, 3.05) is 5.73 Å². The van der Waals surface area contributed by atoms with Gasteiger partial charge in [0.15, 0.2) is 0 Å². The highest BCUT2D eigenvalue weighted by Gasteiger charge is 2.06. The van der Waals surface area contributed by atoms with E-state index in [1.165, 1.54) is 0 Å². The fourth-order valence-corrected chi connectivity index (χ4v) is 2.75. The van der Waals surface area contributed by atoms with Crippen molar-refractivity contribution in [1.82, 2.24) is 4.98 Å². The van der Waals surface area contributed by atoms with Crippen LogP contribution in [0, 0.1) is 11.3 Å². The highest BCUT2D eigenvalue weighted by molar-refractivity contribution is 7.18. The zero-order valence-electron chi connectivity index (χ0n) is 10.5. The first kappa shape index (κ1) is 12.5. The van der Waals surface area contributed by atoms with Crippen LogP contribution >= 0.6 is 11.3 Å². The number of thiazole rings is 1. The Hall–Kier alpha value is -2.58. The summed E-state index contributed by atoms with van der Waals surface area (Å²) in [6, 6.07) is 15.0. The molecular weight excluding hydrogens is 270 g/mol. The predicted octanol–water partition coefficient (Wildman–Crippen LogP) is 3.33. The summed E-state index contributed by atoms with van der Waals surface area (Å²) < 4.78 is 6.80. The van der Waals surface area contributed by atoms with Crippen molar-refractivity contribution >= 4 is 27.2 Å². The van der Waals surface area contributed by atoms with Gasteiger partial charge in [0, 0.05) is 0 Å². The molecule has 3 rings (SSSR count). The van der Waals surface area contributed by atoms with Gasteiger partial charge in [-0.25, -0.2) is 4.98 Å². The van der Waals surface area contributed by atoms with Crippen LogP contribution in [0.1, 0.15) is 10.6 Å². The lowest BCUT2D eigenvalue weighted by Crippen LogP contribution is -1.98. The number of nitrogen functional groups attached to an aromatic ring is 1. The van der Waals surface area contributed by atoms with E-state index in [-0.39, 0.29) is 0 Å². The van der Waals surface area contributed by atoms with Gasteiger partial charge in [0.05, 0.1) is 27.5 Å². The Balaban J connectivity index is 1.77. The maximum atomic E-state index is 8.79. The Kier molecular flexibility index (Phi) is 3.23. The van der Waals surface area contributed by atoms with Gasteiger partial charge in [-0.1, -0.05) is 12.1 Å². The van der Waals surface area contributed by atoms with Crippen LogP contribution in [0.3, 0.4) is 0 Å². The van der Waals surface area contributed by atoms with Crippen molar-refractivity contribution in [2.45, 2.75) is 6.61 Å². The summed E-state index contributed by atoms with van der Waals surface area (Å²) in [6.45, 7) is 0.370. The lowest BCUT2D eigenvalue weighted by atomic mass is 10.2. The highest BCUT2D eigenvalue weighted by atomic mass is 32.1. The Morgan fingerprint density at radius 3 is 2.85 bits per heavy atom. The van der Waals surface area contributed by atoms with Crippen molar-refractivity contribution in [3.63, 3.8) is 0 Å². The van der Waals surface area contributed by atoms with Gasteiger partial charge in [-0.15, -0.1) is 11.3 Å². The Morgan fingerprint density at radius 2 is 2.10 bits per heavy atom. The molecule has 2 N–H and O–H groups in total. The molecule has 0 radical (unpaired) electrons. The summed E-state index contributed by atoms with van der Waals surface area (Å²) >= 11 is 1.60. The number of hydrogen-bond acceptors (Lipinski definition) is 5. The minimum Gasteiger partial charge on any atom is -0.484 e. The average Bonchev–Trinajstić information content (AvgIpc) is 2.88. The zero-order valence-corrected chi connectivity index (χ0v) is 11.4. The summed E-state index contributed by atoms with van der Waals surface area (Å²) in [5.74, 6) is 0.572. The molecule has 0 fully saturated rings. The maximum absolute atomic E-state index is 8.79. The quantitative estimate of drug-likeness (QED) is 0.747. The third kappa shape index (κ3) is 2.42. The second kappa shape index (κ2) is 5.19. The number of nitriles is 1. The number of nitrogens with zero attached hydrogens (tertiary/aromatic N) is 2. The van der Waals surface area contributed by atoms with Crippen LogP contribution in [0.15, 0.2) is 42.5 Å². The topological polar surface area (TPSA) is 71.9 Å². The molecule has 0 bridgehead atoms. The normalized spacial score (nSPS) is 10.3. The highest BCUT2D eigenvalue weighted by Crippen LogP contribution is 2.26. The minimum absolute atomic E-state index is 0.370. The van der Waals surface area contributed by atoms with Crippen LogP contribution in [0.25, 0.3) is 10.2 Å². The van der Waals surface area contributed by atoms with Gasteiger partial charge >= 0.3 is 0 Å². The van der Waals surface area contributed by atoms with Gasteiger partial charge < -0.3 is 10.5 Å². The summed E-state index contributed by atoms with van der Waals surface area (Å²) in [6.07, 6.45) is 0. The molecule has 20 heavy (non-hydrogen) atoms. The third-order valence-corrected chi connectivity index (χ3v) is 3.84. The molecule has 4 nitrogen and oxygen atoms in total. The monoisotopic (exact) mass is 281 g/mol. The second-order valence-electron chi connectivity index (χ2n) is 4.23. The van der Waals surface area contributed by atoms with E-state index < -0.39 is 0 Å². The molecule has 0 saturated heterocycles. The van der Waals surface area contributed by atoms with Crippen LogP contribution in [0.2, 0.25) is 0 Å². The second-order valence-corrected chi connectivity index (χ2v) is 5.34. The molecule has 0 unspecified atom stereocenters. The lowest BCUT2D eigenvalue weighted by Gasteiger charge is -2.07. The molecule has 2 aromatic carbocycles. The number of hydrogen-bond donors (Lipinski definition) is 1. The smallest absolute Gasteiger partial charge is 0.142 e. The summed E-state index contributed by atoms with van der Waals surface area (Å²) in [7, 11) is 0. The molecule has 0 saturated carbocycles. The van der Waals surface area contributed by atoms with Crippen LogP contribution in [-0.2, 0) is 6.61 Å². The first-order chi connectivity index (χ1) is 9.76. The van der Waals surface area contributed by atoms with Gasteiger partial charge in [-0.05, 0) is 30.3 Å². The van der Waals surface area contributed by atoms with Crippen molar-refractivity contribution in [3.8, 4) is 11.8 Å². The number of ether oxygens (including phenoxy) is 1. The number of anilines is 1. The lowest BCUT2D eigenvalue weighted by molar-refractivity contribution is 0.307. The van der Waals surface area contributed by atoms with Crippen LogP contribution in [-0.4, -0.2) is 4.98 Å². The van der Waals surface area contributed by atoms with E-state index in [4.69, 9.17) is 15.7 Å². The van der Waals surface area contributed by atoms with Gasteiger partial charge in [-0.2, -0.15) is 5.26 Å². The zero-order chi connectivity index (χ0) is 13.9. The van der Waals surface area contributed by atoms with Crippen molar-refractivity contribution < 1.29 is 4.74 Å². The Morgan fingerprint density at radius 1 is 1.25 bits per heavy atom. The standard InChI is InChI=1S/C15H11N3OS/c16-8-10-5-6-13(11(17)7-10)19-9-15-18-12-3-1-2-4-14(12)20-15/h1-7H,9,17H2. The summed E-state index contributed by atoms with van der Waals surface area (Å²) in [5.41, 5.74) is 7.81. The fraction of sp³-hybridized carbons (Fsp3) is 0.0667. The first-order valence-electron chi connectivity index (χ1n) is 6.03. The van der Waals surface area contributed by atoms with E-state index in [0.29, 0.717) is 23.6 Å². The van der Waals surface area contributed by atoms with Crippen molar-refractivity contribution in [1.29, 1.82) is 5.26 Å². The molecule has 0 aliphatic rings. The van der Waals surface area contributed by atoms with E-state index in [1.54, 1.807) is 29.5 Å². The van der Waals surface area contributed by atoms with Gasteiger partial charge in [0.2, 0.25) is 0 Å². The molecule has 0 atom stereocenters. The molecule has 5 heteroatoms. The number of fused-ring (bicyclic) bond motifs is 1. The molecule has 3 aromatic rings.